The number of rotatable bonds is 8. The molecule has 3 aromatic rings. The fourth-order valence-corrected chi connectivity index (χ4v) is 4.54. The van der Waals surface area contributed by atoms with E-state index in [4.69, 9.17) is 16.3 Å². The van der Waals surface area contributed by atoms with Gasteiger partial charge in [0, 0.05) is 22.6 Å². The van der Waals surface area contributed by atoms with Crippen molar-refractivity contribution in [1.29, 1.82) is 0 Å². The van der Waals surface area contributed by atoms with Crippen LogP contribution in [0.15, 0.2) is 59.7 Å². The highest BCUT2D eigenvalue weighted by Gasteiger charge is 2.21. The van der Waals surface area contributed by atoms with Gasteiger partial charge < -0.3 is 9.30 Å². The molecule has 33 heavy (non-hydrogen) atoms. The minimum absolute atomic E-state index is 0.232. The lowest BCUT2D eigenvalue weighted by Gasteiger charge is -2.21. The summed E-state index contributed by atoms with van der Waals surface area (Å²) >= 11 is 6.11. The number of halogens is 1. The quantitative estimate of drug-likeness (QED) is 0.386. The first-order chi connectivity index (χ1) is 15.6. The number of amides is 1. The van der Waals surface area contributed by atoms with Gasteiger partial charge in [-0.1, -0.05) is 29.8 Å². The van der Waals surface area contributed by atoms with Gasteiger partial charge in [0.15, 0.2) is 0 Å². The van der Waals surface area contributed by atoms with Crippen molar-refractivity contribution in [3.63, 3.8) is 0 Å². The second-order valence-corrected chi connectivity index (χ2v) is 9.69. The topological polar surface area (TPSA) is 93.0 Å². The number of ether oxygens (including phenoxy) is 1. The van der Waals surface area contributed by atoms with Crippen LogP contribution in [0.1, 0.15) is 17.0 Å². The van der Waals surface area contributed by atoms with Gasteiger partial charge in [0.2, 0.25) is 10.0 Å². The zero-order valence-corrected chi connectivity index (χ0v) is 20.3. The van der Waals surface area contributed by atoms with Crippen LogP contribution in [0, 0.1) is 13.8 Å². The predicted molar refractivity (Wildman–Crippen MR) is 131 cm³/mol. The molecule has 0 unspecified atom stereocenters. The minimum atomic E-state index is -3.75. The molecule has 0 fully saturated rings. The van der Waals surface area contributed by atoms with Gasteiger partial charge in [-0.3, -0.25) is 9.10 Å². The Labute approximate surface area is 198 Å². The number of para-hydroxylation sites is 1. The number of benzene rings is 2. The number of nitrogens with zero attached hydrogens (tertiary/aromatic N) is 3. The Hall–Kier alpha value is -3.30. The number of hydrogen-bond acceptors (Lipinski definition) is 5. The van der Waals surface area contributed by atoms with Crippen LogP contribution >= 0.6 is 11.6 Å². The van der Waals surface area contributed by atoms with Crippen LogP contribution in [-0.2, 0) is 14.8 Å². The SMILES string of the molecule is COc1ccc(N(CC(=O)N/N=C\c2cc(C)n(-c3ccccc3)c2C)S(C)(=O)=O)cc1Cl. The van der Waals surface area contributed by atoms with E-state index in [9.17, 15) is 13.2 Å². The number of hydrogen-bond donors (Lipinski definition) is 1. The fraction of sp³-hybridized carbons (Fsp3) is 0.217. The molecule has 0 aliphatic carbocycles. The molecule has 10 heteroatoms. The first kappa shape index (κ1) is 24.3. The highest BCUT2D eigenvalue weighted by Crippen LogP contribution is 2.30. The third-order valence-electron chi connectivity index (χ3n) is 4.99. The Bertz CT molecular complexity index is 1290. The highest BCUT2D eigenvalue weighted by atomic mass is 35.5. The third kappa shape index (κ3) is 5.74. The molecule has 0 spiro atoms. The Morgan fingerprint density at radius 2 is 1.88 bits per heavy atom. The van der Waals surface area contributed by atoms with Crippen molar-refractivity contribution >= 4 is 39.4 Å². The van der Waals surface area contributed by atoms with Crippen molar-refractivity contribution in [2.75, 3.05) is 24.2 Å². The van der Waals surface area contributed by atoms with Crippen LogP contribution in [0.25, 0.3) is 5.69 Å². The number of aryl methyl sites for hydroxylation is 1. The molecule has 1 heterocycles. The molecule has 1 N–H and O–H groups in total. The maximum atomic E-state index is 12.5. The van der Waals surface area contributed by atoms with Gasteiger partial charge in [0.05, 0.1) is 30.3 Å². The number of anilines is 1. The zero-order valence-electron chi connectivity index (χ0n) is 18.7. The summed E-state index contributed by atoms with van der Waals surface area (Å²) in [5, 5.41) is 4.25. The normalized spacial score (nSPS) is 11.5. The van der Waals surface area contributed by atoms with Crippen molar-refractivity contribution in [3.8, 4) is 11.4 Å². The van der Waals surface area contributed by atoms with Crippen molar-refractivity contribution in [2.24, 2.45) is 5.10 Å². The smallest absolute Gasteiger partial charge is 0.260 e. The Kier molecular flexibility index (Phi) is 7.45. The van der Waals surface area contributed by atoms with E-state index in [0.717, 1.165) is 33.2 Å². The summed E-state index contributed by atoms with van der Waals surface area (Å²) in [4.78, 5) is 12.5. The molecule has 0 radical (unpaired) electrons. The van der Waals surface area contributed by atoms with Crippen LogP contribution in [0.5, 0.6) is 5.75 Å². The number of carbonyl (C=O) groups is 1. The van der Waals surface area contributed by atoms with E-state index in [0.29, 0.717) is 5.75 Å². The summed E-state index contributed by atoms with van der Waals surface area (Å²) < 4.78 is 32.7. The molecule has 0 aliphatic rings. The number of nitrogens with one attached hydrogen (secondary N) is 1. The Morgan fingerprint density at radius 3 is 2.48 bits per heavy atom. The number of sulfonamides is 1. The largest absolute Gasteiger partial charge is 0.495 e. The summed E-state index contributed by atoms with van der Waals surface area (Å²) in [6.07, 6.45) is 2.55. The van der Waals surface area contributed by atoms with E-state index >= 15 is 0 Å². The van der Waals surface area contributed by atoms with E-state index in [2.05, 4.69) is 15.1 Å². The second kappa shape index (κ2) is 10.1. The van der Waals surface area contributed by atoms with Gasteiger partial charge in [-0.15, -0.1) is 0 Å². The molecule has 8 nitrogen and oxygen atoms in total. The molecule has 174 valence electrons. The van der Waals surface area contributed by atoms with E-state index in [1.54, 1.807) is 0 Å². The lowest BCUT2D eigenvalue weighted by atomic mass is 10.2. The fourth-order valence-electron chi connectivity index (χ4n) is 3.44. The monoisotopic (exact) mass is 488 g/mol. The second-order valence-electron chi connectivity index (χ2n) is 7.38. The molecule has 0 saturated carbocycles. The Balaban J connectivity index is 1.74. The van der Waals surface area contributed by atoms with Crippen molar-refractivity contribution in [2.45, 2.75) is 13.8 Å². The number of methoxy groups -OCH3 is 1. The summed E-state index contributed by atoms with van der Waals surface area (Å²) in [5.74, 6) is -0.198. The van der Waals surface area contributed by atoms with Gasteiger partial charge in [0.1, 0.15) is 12.3 Å². The first-order valence-corrected chi connectivity index (χ1v) is 12.2. The average Bonchev–Trinajstić information content (AvgIpc) is 3.04. The van der Waals surface area contributed by atoms with E-state index < -0.39 is 22.5 Å². The van der Waals surface area contributed by atoms with Gasteiger partial charge in [-0.2, -0.15) is 5.10 Å². The summed E-state index contributed by atoms with van der Waals surface area (Å²) in [6, 6.07) is 16.3. The molecule has 1 aromatic heterocycles. The summed E-state index contributed by atoms with van der Waals surface area (Å²) in [5.41, 5.74) is 6.48. The molecule has 2 aromatic carbocycles. The number of carbonyl (C=O) groups excluding carboxylic acids is 1. The lowest BCUT2D eigenvalue weighted by Crippen LogP contribution is -2.39. The minimum Gasteiger partial charge on any atom is -0.495 e. The molecule has 0 bridgehead atoms. The van der Waals surface area contributed by atoms with Crippen molar-refractivity contribution in [1.82, 2.24) is 9.99 Å². The average molecular weight is 489 g/mol. The molecule has 1 amide bonds. The van der Waals surface area contributed by atoms with E-state index in [-0.39, 0.29) is 10.7 Å². The summed E-state index contributed by atoms with van der Waals surface area (Å²) in [6.45, 7) is 3.49. The standard InChI is InChI=1S/C23H25ClN4O4S/c1-16-12-18(17(2)28(16)19-8-6-5-7-9-19)14-25-26-23(29)15-27(33(4,30)31)20-10-11-22(32-3)21(24)13-20/h5-14H,15H2,1-4H3,(H,26,29)/b25-14-. The molecule has 0 saturated heterocycles. The zero-order chi connectivity index (χ0) is 24.2. The first-order valence-electron chi connectivity index (χ1n) is 9.99. The van der Waals surface area contributed by atoms with E-state index in [1.807, 2.05) is 50.2 Å². The van der Waals surface area contributed by atoms with Gasteiger partial charge in [-0.05, 0) is 50.2 Å². The number of hydrazone groups is 1. The van der Waals surface area contributed by atoms with Crippen LogP contribution in [0.3, 0.4) is 0 Å². The molecule has 0 aliphatic heterocycles. The number of aromatic nitrogens is 1. The molecule has 3 rings (SSSR count). The van der Waals surface area contributed by atoms with Gasteiger partial charge in [0.25, 0.3) is 5.91 Å². The van der Waals surface area contributed by atoms with Crippen LogP contribution in [0.4, 0.5) is 5.69 Å². The maximum Gasteiger partial charge on any atom is 0.260 e. The van der Waals surface area contributed by atoms with Crippen LogP contribution in [-0.4, -0.2) is 45.0 Å². The highest BCUT2D eigenvalue weighted by molar-refractivity contribution is 7.92. The molecular formula is C23H25ClN4O4S. The lowest BCUT2D eigenvalue weighted by molar-refractivity contribution is -0.119. The maximum absolute atomic E-state index is 12.5. The van der Waals surface area contributed by atoms with Gasteiger partial charge >= 0.3 is 0 Å². The molecule has 0 atom stereocenters. The third-order valence-corrected chi connectivity index (χ3v) is 6.42. The van der Waals surface area contributed by atoms with Gasteiger partial charge in [-0.25, -0.2) is 13.8 Å². The summed E-state index contributed by atoms with van der Waals surface area (Å²) in [7, 11) is -2.29. The van der Waals surface area contributed by atoms with Crippen LogP contribution in [0.2, 0.25) is 5.02 Å². The predicted octanol–water partition coefficient (Wildman–Crippen LogP) is 3.67. The molecular weight excluding hydrogens is 464 g/mol. The Morgan fingerprint density at radius 1 is 1.18 bits per heavy atom. The van der Waals surface area contributed by atoms with Crippen molar-refractivity contribution < 1.29 is 17.9 Å². The van der Waals surface area contributed by atoms with Crippen molar-refractivity contribution in [3.05, 3.63) is 76.6 Å². The van der Waals surface area contributed by atoms with Crippen LogP contribution < -0.4 is 14.5 Å². The van der Waals surface area contributed by atoms with E-state index in [1.165, 1.54) is 31.5 Å².